The summed E-state index contributed by atoms with van der Waals surface area (Å²) in [6, 6.07) is 0. The lowest BCUT2D eigenvalue weighted by atomic mass is 10.0. The zero-order valence-corrected chi connectivity index (χ0v) is 23.9. The molecule has 0 N–H and O–H groups in total. The summed E-state index contributed by atoms with van der Waals surface area (Å²) in [6.07, 6.45) is 39.8. The quantitative estimate of drug-likeness (QED) is 0.0930. The predicted octanol–water partition coefficient (Wildman–Crippen LogP) is 10.4. The summed E-state index contributed by atoms with van der Waals surface area (Å²) in [5, 5.41) is 0. The third-order valence-electron chi connectivity index (χ3n) is 7.46. The fourth-order valence-electron chi connectivity index (χ4n) is 5.10. The highest BCUT2D eigenvalue weighted by Gasteiger charge is 2.03. The van der Waals surface area contributed by atoms with Gasteiger partial charge in [0.1, 0.15) is 12.4 Å². The standard InChI is InChI=1S/C32H63N2/c1-4-5-6-7-8-9-12-15-18-21-24-27-33-29-30-34(31-33)28-25-22-19-16-13-10-11-14-17-20-23-26-32(2)3/h29-32H,4-28H2,1-3H3/q+1. The zero-order chi connectivity index (χ0) is 24.5. The van der Waals surface area contributed by atoms with Crippen LogP contribution >= 0.6 is 0 Å². The van der Waals surface area contributed by atoms with Gasteiger partial charge in [-0.15, -0.1) is 0 Å². The van der Waals surface area contributed by atoms with Gasteiger partial charge in [0.15, 0.2) is 0 Å². The van der Waals surface area contributed by atoms with Crippen molar-refractivity contribution in [2.24, 2.45) is 5.92 Å². The summed E-state index contributed by atoms with van der Waals surface area (Å²) in [6.45, 7) is 9.38. The lowest BCUT2D eigenvalue weighted by Gasteiger charge is -2.04. The lowest BCUT2D eigenvalue weighted by molar-refractivity contribution is -0.696. The molecule has 1 heterocycles. The molecule has 0 saturated carbocycles. The second kappa shape index (κ2) is 23.9. The maximum Gasteiger partial charge on any atom is 0.243 e. The number of unbranched alkanes of at least 4 members (excludes halogenated alkanes) is 20. The zero-order valence-electron chi connectivity index (χ0n) is 23.9. The van der Waals surface area contributed by atoms with E-state index in [-0.39, 0.29) is 0 Å². The second-order valence-electron chi connectivity index (χ2n) is 11.5. The van der Waals surface area contributed by atoms with Crippen LogP contribution in [0.4, 0.5) is 0 Å². The number of aromatic nitrogens is 2. The number of aryl methyl sites for hydroxylation is 2. The van der Waals surface area contributed by atoms with Gasteiger partial charge in [-0.25, -0.2) is 9.13 Å². The molecule has 0 spiro atoms. The third kappa shape index (κ3) is 20.6. The minimum absolute atomic E-state index is 0.887. The third-order valence-corrected chi connectivity index (χ3v) is 7.46. The van der Waals surface area contributed by atoms with Crippen molar-refractivity contribution in [3.8, 4) is 0 Å². The van der Waals surface area contributed by atoms with Crippen LogP contribution in [-0.4, -0.2) is 4.57 Å². The Labute approximate surface area is 215 Å². The molecule has 1 aromatic rings. The molecule has 0 aliphatic carbocycles. The molecule has 0 unspecified atom stereocenters. The first-order chi connectivity index (χ1) is 16.7. The number of hydrogen-bond donors (Lipinski definition) is 0. The van der Waals surface area contributed by atoms with Gasteiger partial charge in [-0.05, 0) is 31.6 Å². The molecular weight excluding hydrogens is 412 g/mol. The summed E-state index contributed by atoms with van der Waals surface area (Å²) in [4.78, 5) is 0. The molecule has 2 nitrogen and oxygen atoms in total. The van der Waals surface area contributed by atoms with Crippen molar-refractivity contribution >= 4 is 0 Å². The Kier molecular flexibility index (Phi) is 22.0. The summed E-state index contributed by atoms with van der Waals surface area (Å²) in [7, 11) is 0. The van der Waals surface area contributed by atoms with Gasteiger partial charge < -0.3 is 0 Å². The Morgan fingerprint density at radius 3 is 1.50 bits per heavy atom. The molecule has 200 valence electrons. The van der Waals surface area contributed by atoms with Gasteiger partial charge in [-0.3, -0.25) is 0 Å². The van der Waals surface area contributed by atoms with E-state index in [1.165, 1.54) is 161 Å². The van der Waals surface area contributed by atoms with Crippen LogP contribution in [0.2, 0.25) is 0 Å². The normalized spacial score (nSPS) is 11.6. The average Bonchev–Trinajstić information content (AvgIpc) is 3.28. The van der Waals surface area contributed by atoms with Crippen LogP contribution < -0.4 is 4.57 Å². The first-order valence-corrected chi connectivity index (χ1v) is 15.8. The molecule has 0 aliphatic rings. The Bertz CT molecular complexity index is 519. The minimum atomic E-state index is 0.887. The summed E-state index contributed by atoms with van der Waals surface area (Å²) < 4.78 is 4.80. The topological polar surface area (TPSA) is 8.81 Å². The molecule has 1 rings (SSSR count). The maximum absolute atomic E-state index is 2.40. The molecule has 1 aromatic heterocycles. The molecule has 0 saturated heterocycles. The van der Waals surface area contributed by atoms with Crippen molar-refractivity contribution in [3.63, 3.8) is 0 Å². The highest BCUT2D eigenvalue weighted by Crippen LogP contribution is 2.14. The van der Waals surface area contributed by atoms with E-state index in [9.17, 15) is 0 Å². The molecule has 0 fully saturated rings. The molecule has 0 radical (unpaired) electrons. The first kappa shape index (κ1) is 31.2. The number of nitrogens with zero attached hydrogens (tertiary/aromatic N) is 2. The molecule has 0 aliphatic heterocycles. The van der Waals surface area contributed by atoms with E-state index in [4.69, 9.17) is 0 Å². The lowest BCUT2D eigenvalue weighted by Crippen LogP contribution is -2.30. The molecule has 0 amide bonds. The van der Waals surface area contributed by atoms with E-state index >= 15 is 0 Å². The second-order valence-corrected chi connectivity index (χ2v) is 11.5. The van der Waals surface area contributed by atoms with Crippen molar-refractivity contribution in [2.45, 2.75) is 182 Å². The van der Waals surface area contributed by atoms with E-state index in [2.05, 4.69) is 48.6 Å². The highest BCUT2D eigenvalue weighted by molar-refractivity contribution is 4.66. The largest absolute Gasteiger partial charge is 0.243 e. The summed E-state index contributed by atoms with van der Waals surface area (Å²) in [5.74, 6) is 0.887. The summed E-state index contributed by atoms with van der Waals surface area (Å²) >= 11 is 0. The maximum atomic E-state index is 2.40. The van der Waals surface area contributed by atoms with Crippen LogP contribution in [-0.2, 0) is 13.1 Å². The number of rotatable bonds is 26. The van der Waals surface area contributed by atoms with Gasteiger partial charge in [-0.2, -0.15) is 0 Å². The van der Waals surface area contributed by atoms with Crippen molar-refractivity contribution in [3.05, 3.63) is 18.7 Å². The molecule has 0 atom stereocenters. The predicted molar refractivity (Wildman–Crippen MR) is 151 cm³/mol. The molecule has 2 heteroatoms. The van der Waals surface area contributed by atoms with Gasteiger partial charge in [0.25, 0.3) is 0 Å². The van der Waals surface area contributed by atoms with Gasteiger partial charge in [0.2, 0.25) is 6.33 Å². The highest BCUT2D eigenvalue weighted by atomic mass is 15.1. The van der Waals surface area contributed by atoms with Crippen LogP contribution in [0.1, 0.15) is 168 Å². The van der Waals surface area contributed by atoms with Crippen LogP contribution in [0.25, 0.3) is 0 Å². The van der Waals surface area contributed by atoms with E-state index < -0.39 is 0 Å². The Morgan fingerprint density at radius 2 is 1.00 bits per heavy atom. The molecule has 0 bridgehead atoms. The van der Waals surface area contributed by atoms with Gasteiger partial charge in [0, 0.05) is 0 Å². The molecular formula is C32H63N2+. The van der Waals surface area contributed by atoms with Crippen molar-refractivity contribution in [2.75, 3.05) is 0 Å². The van der Waals surface area contributed by atoms with Crippen molar-refractivity contribution in [1.82, 2.24) is 4.57 Å². The van der Waals surface area contributed by atoms with Crippen LogP contribution in [0, 0.1) is 5.92 Å². The van der Waals surface area contributed by atoms with Gasteiger partial charge >= 0.3 is 0 Å². The van der Waals surface area contributed by atoms with Crippen LogP contribution in [0.3, 0.4) is 0 Å². The average molecular weight is 476 g/mol. The van der Waals surface area contributed by atoms with E-state index in [1.54, 1.807) is 0 Å². The smallest absolute Gasteiger partial charge is 0.237 e. The van der Waals surface area contributed by atoms with E-state index in [0.717, 1.165) is 5.92 Å². The number of hydrogen-bond acceptors (Lipinski definition) is 0. The van der Waals surface area contributed by atoms with Crippen molar-refractivity contribution in [1.29, 1.82) is 0 Å². The number of imidazole rings is 1. The molecule has 34 heavy (non-hydrogen) atoms. The van der Waals surface area contributed by atoms with E-state index in [1.807, 2.05) is 0 Å². The van der Waals surface area contributed by atoms with E-state index in [0.29, 0.717) is 0 Å². The van der Waals surface area contributed by atoms with Crippen LogP contribution in [0.15, 0.2) is 18.7 Å². The van der Waals surface area contributed by atoms with Crippen molar-refractivity contribution < 1.29 is 4.57 Å². The fourth-order valence-corrected chi connectivity index (χ4v) is 5.10. The first-order valence-electron chi connectivity index (χ1n) is 15.8. The van der Waals surface area contributed by atoms with Gasteiger partial charge in [-0.1, -0.05) is 143 Å². The Balaban J connectivity index is 1.83. The van der Waals surface area contributed by atoms with Crippen LogP contribution in [0.5, 0.6) is 0 Å². The Hall–Kier alpha value is -0.790. The monoisotopic (exact) mass is 475 g/mol. The Morgan fingerprint density at radius 1 is 0.559 bits per heavy atom. The SMILES string of the molecule is CCCCCCCCCCCCC[n+]1ccn(CCCCCCCCCCCCCC(C)C)c1. The fraction of sp³-hybridized carbons (Fsp3) is 0.906. The van der Waals surface area contributed by atoms with Gasteiger partial charge in [0.05, 0.1) is 13.1 Å². The minimum Gasteiger partial charge on any atom is -0.237 e. The summed E-state index contributed by atoms with van der Waals surface area (Å²) in [5.41, 5.74) is 0. The molecule has 0 aromatic carbocycles.